The first-order chi connectivity index (χ1) is 10.2. The lowest BCUT2D eigenvalue weighted by molar-refractivity contribution is -0.151. The summed E-state index contributed by atoms with van der Waals surface area (Å²) in [5, 5.41) is 3.28. The minimum atomic E-state index is -0.540. The van der Waals surface area contributed by atoms with Crippen LogP contribution in [0.3, 0.4) is 0 Å². The summed E-state index contributed by atoms with van der Waals surface area (Å²) in [6.07, 6.45) is 5.86. The highest BCUT2D eigenvalue weighted by Crippen LogP contribution is 2.41. The van der Waals surface area contributed by atoms with Crippen molar-refractivity contribution in [2.24, 2.45) is 5.92 Å². The van der Waals surface area contributed by atoms with Crippen LogP contribution in [0.5, 0.6) is 0 Å². The quantitative estimate of drug-likeness (QED) is 0.687. The highest BCUT2D eigenvalue weighted by atomic mass is 16.5. The fourth-order valence-corrected chi connectivity index (χ4v) is 3.43. The highest BCUT2D eigenvalue weighted by molar-refractivity contribution is 5.82. The molecule has 122 valence electrons. The minimum absolute atomic E-state index is 0.121. The standard InChI is InChI=1S/C16H30N2O3/c1-4-10-21-14-6-5-9-18(11-14)12-16(17-2,13-7-8-13)15(19)20-3/h13-14,17H,4-12H2,1-3H3. The van der Waals surface area contributed by atoms with Gasteiger partial charge >= 0.3 is 5.97 Å². The van der Waals surface area contributed by atoms with Gasteiger partial charge < -0.3 is 14.8 Å². The van der Waals surface area contributed by atoms with Gasteiger partial charge in [-0.3, -0.25) is 4.90 Å². The van der Waals surface area contributed by atoms with Crippen LogP contribution in [0.15, 0.2) is 0 Å². The maximum absolute atomic E-state index is 12.3. The van der Waals surface area contributed by atoms with E-state index < -0.39 is 5.54 Å². The summed E-state index contributed by atoms with van der Waals surface area (Å²) >= 11 is 0. The van der Waals surface area contributed by atoms with Gasteiger partial charge in [0, 0.05) is 19.7 Å². The molecule has 1 heterocycles. The van der Waals surface area contributed by atoms with Crippen molar-refractivity contribution >= 4 is 5.97 Å². The molecule has 21 heavy (non-hydrogen) atoms. The molecule has 5 heteroatoms. The molecule has 0 bridgehead atoms. The summed E-state index contributed by atoms with van der Waals surface area (Å²) in [7, 11) is 3.37. The Hall–Kier alpha value is -0.650. The highest BCUT2D eigenvalue weighted by Gasteiger charge is 2.52. The topological polar surface area (TPSA) is 50.8 Å². The van der Waals surface area contributed by atoms with Crippen molar-refractivity contribution in [3.8, 4) is 0 Å². The number of rotatable bonds is 8. The Bertz CT molecular complexity index is 346. The molecule has 2 fully saturated rings. The number of esters is 1. The Morgan fingerprint density at radius 1 is 1.38 bits per heavy atom. The Morgan fingerprint density at radius 3 is 2.71 bits per heavy atom. The Labute approximate surface area is 128 Å². The molecule has 0 spiro atoms. The van der Waals surface area contributed by atoms with Gasteiger partial charge in [0.1, 0.15) is 5.54 Å². The van der Waals surface area contributed by atoms with E-state index in [1.165, 1.54) is 7.11 Å². The van der Waals surface area contributed by atoms with E-state index in [0.29, 0.717) is 12.0 Å². The van der Waals surface area contributed by atoms with Gasteiger partial charge in [0.2, 0.25) is 0 Å². The summed E-state index contributed by atoms with van der Waals surface area (Å²) in [6, 6.07) is 0. The van der Waals surface area contributed by atoms with Crippen LogP contribution < -0.4 is 5.32 Å². The SMILES string of the molecule is CCCOC1CCCN(CC(NC)(C(=O)OC)C2CC2)C1. The third kappa shape index (κ3) is 3.96. The van der Waals surface area contributed by atoms with E-state index in [1.807, 2.05) is 7.05 Å². The van der Waals surface area contributed by atoms with Crippen molar-refractivity contribution in [3.63, 3.8) is 0 Å². The second kappa shape index (κ2) is 7.56. The van der Waals surface area contributed by atoms with E-state index in [-0.39, 0.29) is 5.97 Å². The molecule has 2 rings (SSSR count). The number of nitrogens with zero attached hydrogens (tertiary/aromatic N) is 1. The molecule has 2 unspecified atom stereocenters. The number of carbonyl (C=O) groups is 1. The zero-order chi connectivity index (χ0) is 15.3. The lowest BCUT2D eigenvalue weighted by atomic mass is 9.91. The van der Waals surface area contributed by atoms with Gasteiger partial charge in [-0.15, -0.1) is 0 Å². The average Bonchev–Trinajstić information content (AvgIpc) is 3.35. The Kier molecular flexibility index (Phi) is 6.02. The normalized spacial score (nSPS) is 26.3. The van der Waals surface area contributed by atoms with Crippen LogP contribution in [0, 0.1) is 5.92 Å². The molecule has 0 radical (unpaired) electrons. The molecule has 5 nitrogen and oxygen atoms in total. The molecule has 0 aromatic carbocycles. The molecule has 2 atom stereocenters. The smallest absolute Gasteiger partial charge is 0.327 e. The fraction of sp³-hybridized carbons (Fsp3) is 0.938. The van der Waals surface area contributed by atoms with E-state index in [9.17, 15) is 4.79 Å². The third-order valence-electron chi connectivity index (χ3n) is 4.76. The van der Waals surface area contributed by atoms with Gasteiger partial charge in [-0.05, 0) is 51.6 Å². The molecule has 1 aliphatic heterocycles. The molecule has 0 amide bonds. The molecular formula is C16H30N2O3. The van der Waals surface area contributed by atoms with E-state index in [4.69, 9.17) is 9.47 Å². The molecular weight excluding hydrogens is 268 g/mol. The lowest BCUT2D eigenvalue weighted by Crippen LogP contribution is -2.61. The Balaban J connectivity index is 1.97. The molecule has 1 saturated carbocycles. The van der Waals surface area contributed by atoms with Gasteiger partial charge in [-0.1, -0.05) is 6.92 Å². The van der Waals surface area contributed by atoms with E-state index in [0.717, 1.165) is 58.3 Å². The van der Waals surface area contributed by atoms with E-state index >= 15 is 0 Å². The molecule has 1 N–H and O–H groups in total. The van der Waals surface area contributed by atoms with Gasteiger partial charge in [-0.25, -0.2) is 4.79 Å². The predicted octanol–water partition coefficient (Wildman–Crippen LogP) is 1.42. The molecule has 1 saturated heterocycles. The van der Waals surface area contributed by atoms with Gasteiger partial charge in [0.05, 0.1) is 13.2 Å². The van der Waals surface area contributed by atoms with Crippen molar-refractivity contribution in [2.45, 2.75) is 50.7 Å². The number of hydrogen-bond donors (Lipinski definition) is 1. The second-order valence-corrected chi connectivity index (χ2v) is 6.36. The number of piperidine rings is 1. The van der Waals surface area contributed by atoms with E-state index in [2.05, 4.69) is 17.1 Å². The number of likely N-dealkylation sites (N-methyl/N-ethyl adjacent to an activating group) is 1. The summed E-state index contributed by atoms with van der Waals surface area (Å²) in [5.74, 6) is 0.288. The summed E-state index contributed by atoms with van der Waals surface area (Å²) in [4.78, 5) is 14.7. The average molecular weight is 298 g/mol. The van der Waals surface area contributed by atoms with Crippen LogP contribution in [0.4, 0.5) is 0 Å². The zero-order valence-corrected chi connectivity index (χ0v) is 13.7. The van der Waals surface area contributed by atoms with Crippen molar-refractivity contribution < 1.29 is 14.3 Å². The number of nitrogens with one attached hydrogen (secondary N) is 1. The van der Waals surface area contributed by atoms with Gasteiger partial charge in [-0.2, -0.15) is 0 Å². The summed E-state index contributed by atoms with van der Waals surface area (Å²) in [6.45, 7) is 5.66. The van der Waals surface area contributed by atoms with Crippen molar-refractivity contribution in [3.05, 3.63) is 0 Å². The number of hydrogen-bond acceptors (Lipinski definition) is 5. The number of likely N-dealkylation sites (tertiary alicyclic amines) is 1. The van der Waals surface area contributed by atoms with Crippen molar-refractivity contribution in [1.82, 2.24) is 10.2 Å². The predicted molar refractivity (Wildman–Crippen MR) is 82.2 cm³/mol. The molecule has 2 aliphatic rings. The maximum atomic E-state index is 12.3. The molecule has 0 aromatic rings. The van der Waals surface area contributed by atoms with Crippen LogP contribution >= 0.6 is 0 Å². The van der Waals surface area contributed by atoms with Crippen LogP contribution in [-0.2, 0) is 14.3 Å². The van der Waals surface area contributed by atoms with Crippen molar-refractivity contribution in [1.29, 1.82) is 0 Å². The second-order valence-electron chi connectivity index (χ2n) is 6.36. The Morgan fingerprint density at radius 2 is 2.14 bits per heavy atom. The fourth-order valence-electron chi connectivity index (χ4n) is 3.43. The zero-order valence-electron chi connectivity index (χ0n) is 13.7. The van der Waals surface area contributed by atoms with Crippen molar-refractivity contribution in [2.75, 3.05) is 40.4 Å². The molecule has 0 aromatic heterocycles. The number of methoxy groups -OCH3 is 1. The summed E-state index contributed by atoms with van der Waals surface area (Å²) in [5.41, 5.74) is -0.540. The number of carbonyl (C=O) groups excluding carboxylic acids is 1. The largest absolute Gasteiger partial charge is 0.468 e. The molecule has 1 aliphatic carbocycles. The van der Waals surface area contributed by atoms with Crippen LogP contribution in [0.1, 0.15) is 39.0 Å². The first-order valence-electron chi connectivity index (χ1n) is 8.27. The van der Waals surface area contributed by atoms with Crippen LogP contribution in [-0.4, -0.2) is 62.9 Å². The first kappa shape index (κ1) is 16.7. The third-order valence-corrected chi connectivity index (χ3v) is 4.76. The monoisotopic (exact) mass is 298 g/mol. The number of ether oxygens (including phenoxy) is 2. The van der Waals surface area contributed by atoms with Gasteiger partial charge in [0.15, 0.2) is 0 Å². The van der Waals surface area contributed by atoms with Crippen LogP contribution in [0.2, 0.25) is 0 Å². The van der Waals surface area contributed by atoms with Gasteiger partial charge in [0.25, 0.3) is 0 Å². The van der Waals surface area contributed by atoms with Crippen LogP contribution in [0.25, 0.3) is 0 Å². The maximum Gasteiger partial charge on any atom is 0.327 e. The summed E-state index contributed by atoms with van der Waals surface area (Å²) < 4.78 is 11.0. The minimum Gasteiger partial charge on any atom is -0.468 e. The first-order valence-corrected chi connectivity index (χ1v) is 8.27. The lowest BCUT2D eigenvalue weighted by Gasteiger charge is -2.40. The van der Waals surface area contributed by atoms with E-state index in [1.54, 1.807) is 0 Å².